The Morgan fingerprint density at radius 2 is 1.84 bits per heavy atom. The van der Waals surface area contributed by atoms with Crippen LogP contribution >= 0.6 is 11.6 Å². The summed E-state index contributed by atoms with van der Waals surface area (Å²) >= 11 is 5.90. The Hall–Kier alpha value is -2.69. The van der Waals surface area contributed by atoms with Gasteiger partial charge in [-0.25, -0.2) is 8.42 Å². The molecule has 172 valence electrons. The van der Waals surface area contributed by atoms with E-state index in [9.17, 15) is 22.8 Å². The van der Waals surface area contributed by atoms with Crippen LogP contribution < -0.4 is 5.73 Å². The number of nitrogens with zero attached hydrogens (tertiary/aromatic N) is 2. The van der Waals surface area contributed by atoms with Crippen LogP contribution in [0.5, 0.6) is 0 Å². The van der Waals surface area contributed by atoms with Gasteiger partial charge in [-0.15, -0.1) is 0 Å². The Kier molecular flexibility index (Phi) is 7.06. The summed E-state index contributed by atoms with van der Waals surface area (Å²) in [6, 6.07) is 7.61. The van der Waals surface area contributed by atoms with Gasteiger partial charge in [-0.2, -0.15) is 4.31 Å². The maximum atomic E-state index is 12.9. The number of carbonyl (C=O) groups is 3. The van der Waals surface area contributed by atoms with Crippen LogP contribution in [0.4, 0.5) is 0 Å². The van der Waals surface area contributed by atoms with Gasteiger partial charge in [0, 0.05) is 36.9 Å². The van der Waals surface area contributed by atoms with Crippen molar-refractivity contribution in [3.8, 4) is 0 Å². The van der Waals surface area contributed by atoms with Crippen molar-refractivity contribution in [2.45, 2.75) is 30.8 Å². The van der Waals surface area contributed by atoms with E-state index in [-0.39, 0.29) is 42.3 Å². The van der Waals surface area contributed by atoms with E-state index in [1.165, 1.54) is 41.2 Å². The average molecular weight is 482 g/mol. The van der Waals surface area contributed by atoms with Gasteiger partial charge in [0.05, 0.1) is 5.92 Å². The molecule has 1 unspecified atom stereocenters. The van der Waals surface area contributed by atoms with Crippen LogP contribution in [-0.2, 0) is 26.6 Å². The van der Waals surface area contributed by atoms with Gasteiger partial charge in [-0.3, -0.25) is 14.4 Å². The van der Waals surface area contributed by atoms with Gasteiger partial charge in [-0.1, -0.05) is 23.7 Å². The second kappa shape index (κ2) is 9.43. The highest BCUT2D eigenvalue weighted by atomic mass is 35.5. The third kappa shape index (κ3) is 5.03. The van der Waals surface area contributed by atoms with Crippen molar-refractivity contribution in [1.82, 2.24) is 8.87 Å². The van der Waals surface area contributed by atoms with Crippen LogP contribution in [0.15, 0.2) is 41.4 Å². The average Bonchev–Trinajstić information content (AvgIpc) is 3.16. The van der Waals surface area contributed by atoms with Crippen LogP contribution in [0.1, 0.15) is 40.6 Å². The first-order valence-electron chi connectivity index (χ1n) is 9.97. The van der Waals surface area contributed by atoms with E-state index in [0.717, 1.165) is 0 Å². The lowest BCUT2D eigenvalue weighted by Gasteiger charge is -2.30. The van der Waals surface area contributed by atoms with Crippen molar-refractivity contribution < 1.29 is 27.5 Å². The topological polar surface area (TPSA) is 129 Å². The molecule has 0 radical (unpaired) electrons. The fraction of sp³-hybridized carbons (Fsp3) is 0.381. The maximum Gasteiger partial charge on any atom is 0.309 e. The van der Waals surface area contributed by atoms with Crippen molar-refractivity contribution in [3.05, 3.63) is 52.8 Å². The van der Waals surface area contributed by atoms with E-state index in [0.29, 0.717) is 10.6 Å². The van der Waals surface area contributed by atoms with Crippen molar-refractivity contribution in [3.63, 3.8) is 0 Å². The zero-order chi connectivity index (χ0) is 23.6. The number of benzene rings is 1. The van der Waals surface area contributed by atoms with Gasteiger partial charge in [0.1, 0.15) is 10.6 Å². The van der Waals surface area contributed by atoms with E-state index in [4.69, 9.17) is 22.1 Å². The first-order valence-corrected chi connectivity index (χ1v) is 11.8. The van der Waals surface area contributed by atoms with Gasteiger partial charge in [0.2, 0.25) is 15.8 Å². The summed E-state index contributed by atoms with van der Waals surface area (Å²) in [7, 11) is -2.30. The Balaban J connectivity index is 1.60. The molecule has 1 aliphatic rings. The summed E-state index contributed by atoms with van der Waals surface area (Å²) in [6.45, 7) is 1.71. The summed E-state index contributed by atoms with van der Waals surface area (Å²) < 4.78 is 33.7. The molecule has 2 N–H and O–H groups in total. The van der Waals surface area contributed by atoms with Crippen LogP contribution in [0.25, 0.3) is 0 Å². The normalized spacial score (nSPS) is 16.5. The Morgan fingerprint density at radius 3 is 2.41 bits per heavy atom. The minimum atomic E-state index is -3.84. The first-order chi connectivity index (χ1) is 15.0. The summed E-state index contributed by atoms with van der Waals surface area (Å²) in [6.07, 6.45) is 0.857. The lowest BCUT2D eigenvalue weighted by molar-refractivity contribution is -0.152. The molecule has 0 bridgehead atoms. The highest BCUT2D eigenvalue weighted by Gasteiger charge is 2.35. The molecule has 2 heterocycles. The molecule has 32 heavy (non-hydrogen) atoms. The molecule has 0 aliphatic carbocycles. The molecule has 1 amide bonds. The molecule has 9 nitrogen and oxygen atoms in total. The molecular weight excluding hydrogens is 458 g/mol. The number of piperidine rings is 1. The second-order valence-electron chi connectivity index (χ2n) is 7.67. The molecule has 1 atom stereocenters. The summed E-state index contributed by atoms with van der Waals surface area (Å²) in [5.41, 5.74) is 5.68. The third-order valence-electron chi connectivity index (χ3n) is 5.43. The molecule has 1 aromatic heterocycles. The van der Waals surface area contributed by atoms with Crippen molar-refractivity contribution in [1.29, 1.82) is 0 Å². The fourth-order valence-electron chi connectivity index (χ4n) is 3.60. The lowest BCUT2D eigenvalue weighted by Crippen LogP contribution is -2.41. The van der Waals surface area contributed by atoms with E-state index < -0.39 is 33.9 Å². The summed E-state index contributed by atoms with van der Waals surface area (Å²) in [5.74, 6) is -2.15. The van der Waals surface area contributed by atoms with Gasteiger partial charge < -0.3 is 15.0 Å². The molecule has 11 heteroatoms. The minimum Gasteiger partial charge on any atom is -0.454 e. The number of primary amides is 1. The molecule has 0 spiro atoms. The largest absolute Gasteiger partial charge is 0.454 e. The maximum absolute atomic E-state index is 12.9. The van der Waals surface area contributed by atoms with Crippen LogP contribution in [0.2, 0.25) is 5.02 Å². The summed E-state index contributed by atoms with van der Waals surface area (Å²) in [5, 5.41) is 0.407. The predicted molar refractivity (Wildman–Crippen MR) is 117 cm³/mol. The predicted octanol–water partition coefficient (Wildman–Crippen LogP) is 1.99. The monoisotopic (exact) mass is 481 g/mol. The van der Waals surface area contributed by atoms with E-state index in [1.807, 2.05) is 0 Å². The standard InChI is InChI=1S/C21H24ClN3O6S/c1-13(19(26)15-4-3-5-16(22)10-15)31-21(28)14-6-8-25(9-7-14)32(29,30)17-11-18(20(23)27)24(2)12-17/h3-5,10-14H,6-9H2,1-2H3,(H2,23,27). The number of ether oxygens (including phenoxy) is 1. The van der Waals surface area contributed by atoms with Gasteiger partial charge in [0.15, 0.2) is 6.10 Å². The van der Waals surface area contributed by atoms with Gasteiger partial charge in [-0.05, 0) is 38.0 Å². The highest BCUT2D eigenvalue weighted by Crippen LogP contribution is 2.26. The number of aromatic nitrogens is 1. The number of aryl methyl sites for hydroxylation is 1. The Bertz CT molecular complexity index is 1150. The number of amides is 1. The Morgan fingerprint density at radius 1 is 1.19 bits per heavy atom. The quantitative estimate of drug-likeness (QED) is 0.475. The minimum absolute atomic E-state index is 0.0319. The zero-order valence-electron chi connectivity index (χ0n) is 17.7. The fourth-order valence-corrected chi connectivity index (χ4v) is 5.33. The molecule has 1 aliphatic heterocycles. The van der Waals surface area contributed by atoms with Crippen molar-refractivity contribution in [2.24, 2.45) is 18.7 Å². The van der Waals surface area contributed by atoms with E-state index >= 15 is 0 Å². The van der Waals surface area contributed by atoms with Crippen molar-refractivity contribution >= 4 is 39.3 Å². The molecule has 2 aromatic rings. The number of ketones is 1. The SMILES string of the molecule is CC(OC(=O)C1CCN(S(=O)(=O)c2cc(C(N)=O)n(C)c2)CC1)C(=O)c1cccc(Cl)c1. The molecule has 1 fully saturated rings. The zero-order valence-corrected chi connectivity index (χ0v) is 19.2. The van der Waals surface area contributed by atoms with Crippen molar-refractivity contribution in [2.75, 3.05) is 13.1 Å². The number of nitrogens with two attached hydrogens (primary N) is 1. The van der Waals surface area contributed by atoms with E-state index in [1.54, 1.807) is 18.2 Å². The number of halogens is 1. The third-order valence-corrected chi connectivity index (χ3v) is 7.53. The van der Waals surface area contributed by atoms with Crippen LogP contribution in [-0.4, -0.2) is 54.1 Å². The molecule has 1 aromatic carbocycles. The number of hydrogen-bond acceptors (Lipinski definition) is 6. The lowest BCUT2D eigenvalue weighted by atomic mass is 9.98. The number of hydrogen-bond donors (Lipinski definition) is 1. The van der Waals surface area contributed by atoms with Crippen LogP contribution in [0.3, 0.4) is 0 Å². The Labute approximate surface area is 191 Å². The first kappa shape index (κ1) is 24.0. The highest BCUT2D eigenvalue weighted by molar-refractivity contribution is 7.89. The number of carbonyl (C=O) groups excluding carboxylic acids is 3. The number of rotatable bonds is 7. The molecule has 3 rings (SSSR count). The van der Waals surface area contributed by atoms with Gasteiger partial charge >= 0.3 is 5.97 Å². The van der Waals surface area contributed by atoms with E-state index in [2.05, 4.69) is 0 Å². The summed E-state index contributed by atoms with van der Waals surface area (Å²) in [4.78, 5) is 36.4. The number of esters is 1. The molecule has 0 saturated carbocycles. The molecule has 1 saturated heterocycles. The second-order valence-corrected chi connectivity index (χ2v) is 10.0. The molecular formula is C21H24ClN3O6S. The van der Waals surface area contributed by atoms with Gasteiger partial charge in [0.25, 0.3) is 5.91 Å². The number of Topliss-reactive ketones (excluding diaryl/α,β-unsaturated/α-hetero) is 1. The van der Waals surface area contributed by atoms with Crippen LogP contribution in [0, 0.1) is 5.92 Å². The number of sulfonamides is 1. The smallest absolute Gasteiger partial charge is 0.309 e.